The van der Waals surface area contributed by atoms with Crippen molar-refractivity contribution in [3.63, 3.8) is 0 Å². The zero-order chi connectivity index (χ0) is 16.9. The molecule has 0 fully saturated rings. The number of carbonyl (C=O) groups excluding carboxylic acids is 1. The second-order valence-electron chi connectivity index (χ2n) is 5.35. The van der Waals surface area contributed by atoms with Crippen molar-refractivity contribution < 1.29 is 13.7 Å². The normalized spacial score (nSPS) is 10.8. The lowest BCUT2D eigenvalue weighted by molar-refractivity contribution is 0.0945. The fourth-order valence-corrected chi connectivity index (χ4v) is 3.52. The number of nitrogens with one attached hydrogen (secondary N) is 1. The minimum Gasteiger partial charge on any atom is -0.467 e. The number of furan rings is 1. The summed E-state index contributed by atoms with van der Waals surface area (Å²) in [6.45, 7) is 4.20. The summed E-state index contributed by atoms with van der Waals surface area (Å²) in [6, 6.07) is 11.2. The van der Waals surface area contributed by atoms with Gasteiger partial charge in [0.2, 0.25) is 0 Å². The van der Waals surface area contributed by atoms with Gasteiger partial charge in [-0.1, -0.05) is 17.3 Å². The van der Waals surface area contributed by atoms with Crippen molar-refractivity contribution in [2.45, 2.75) is 31.0 Å². The lowest BCUT2D eigenvalue weighted by Crippen LogP contribution is -2.23. The quantitative estimate of drug-likeness (QED) is 0.683. The molecule has 3 aromatic rings. The Hall–Kier alpha value is -2.47. The Labute approximate surface area is 144 Å². The van der Waals surface area contributed by atoms with Gasteiger partial charge in [-0.15, -0.1) is 11.8 Å². The highest BCUT2D eigenvalue weighted by atomic mass is 32.2. The molecule has 2 aromatic heterocycles. The number of amides is 1. The van der Waals surface area contributed by atoms with E-state index in [1.54, 1.807) is 24.1 Å². The molecule has 3 rings (SSSR count). The number of rotatable bonds is 6. The predicted octanol–water partition coefficient (Wildman–Crippen LogP) is 4.11. The van der Waals surface area contributed by atoms with Gasteiger partial charge < -0.3 is 14.3 Å². The van der Waals surface area contributed by atoms with Crippen molar-refractivity contribution >= 4 is 17.7 Å². The van der Waals surface area contributed by atoms with Crippen LogP contribution in [0.25, 0.3) is 0 Å². The van der Waals surface area contributed by atoms with Crippen molar-refractivity contribution in [2.24, 2.45) is 0 Å². The number of hydrogen-bond acceptors (Lipinski definition) is 5. The second kappa shape index (κ2) is 7.40. The maximum atomic E-state index is 12.5. The van der Waals surface area contributed by atoms with E-state index in [2.05, 4.69) is 10.5 Å². The molecule has 0 aliphatic rings. The third-order valence-electron chi connectivity index (χ3n) is 3.69. The molecule has 1 aromatic carbocycles. The van der Waals surface area contributed by atoms with Gasteiger partial charge in [0.1, 0.15) is 11.5 Å². The standard InChI is InChI=1S/C18H18N2O3S/c1-12-16(13(2)23-20-12)11-24-17-8-4-3-7-15(17)18(21)19-10-14-6-5-9-22-14/h3-9H,10-11H2,1-2H3,(H,19,21). The predicted molar refractivity (Wildman–Crippen MR) is 91.9 cm³/mol. The van der Waals surface area contributed by atoms with Crippen LogP contribution in [0, 0.1) is 13.8 Å². The fourth-order valence-electron chi connectivity index (χ4n) is 2.31. The zero-order valence-corrected chi connectivity index (χ0v) is 14.4. The van der Waals surface area contributed by atoms with Crippen LogP contribution >= 0.6 is 11.8 Å². The Morgan fingerprint density at radius 2 is 2.04 bits per heavy atom. The molecule has 124 valence electrons. The number of benzene rings is 1. The molecule has 0 atom stereocenters. The molecule has 5 nitrogen and oxygen atoms in total. The van der Waals surface area contributed by atoms with Crippen LogP contribution in [-0.4, -0.2) is 11.1 Å². The highest BCUT2D eigenvalue weighted by Crippen LogP contribution is 2.28. The minimum absolute atomic E-state index is 0.117. The highest BCUT2D eigenvalue weighted by molar-refractivity contribution is 7.98. The first-order valence-electron chi connectivity index (χ1n) is 7.59. The average molecular weight is 342 g/mol. The number of hydrogen-bond donors (Lipinski definition) is 1. The van der Waals surface area contributed by atoms with Crippen LogP contribution in [-0.2, 0) is 12.3 Å². The van der Waals surface area contributed by atoms with E-state index >= 15 is 0 Å². The molecule has 0 saturated carbocycles. The number of nitrogens with zero attached hydrogens (tertiary/aromatic N) is 1. The Kier molecular flexibility index (Phi) is 5.05. The smallest absolute Gasteiger partial charge is 0.252 e. The summed E-state index contributed by atoms with van der Waals surface area (Å²) >= 11 is 1.60. The van der Waals surface area contributed by atoms with Crippen molar-refractivity contribution in [2.75, 3.05) is 0 Å². The maximum Gasteiger partial charge on any atom is 0.252 e. The molecule has 0 unspecified atom stereocenters. The van der Waals surface area contributed by atoms with Crippen LogP contribution < -0.4 is 5.32 Å². The Bertz CT molecular complexity index is 805. The van der Waals surface area contributed by atoms with Gasteiger partial charge in [-0.05, 0) is 38.1 Å². The summed E-state index contributed by atoms with van der Waals surface area (Å²) in [7, 11) is 0. The number of aryl methyl sites for hydroxylation is 2. The summed E-state index contributed by atoms with van der Waals surface area (Å²) < 4.78 is 10.4. The molecular formula is C18H18N2O3S. The van der Waals surface area contributed by atoms with Gasteiger partial charge in [-0.2, -0.15) is 0 Å². The van der Waals surface area contributed by atoms with E-state index in [9.17, 15) is 4.79 Å². The topological polar surface area (TPSA) is 68.3 Å². The van der Waals surface area contributed by atoms with Crippen molar-refractivity contribution in [3.8, 4) is 0 Å². The second-order valence-corrected chi connectivity index (χ2v) is 6.37. The summed E-state index contributed by atoms with van der Waals surface area (Å²) in [5.41, 5.74) is 2.62. The maximum absolute atomic E-state index is 12.5. The molecule has 0 saturated heterocycles. The molecule has 0 bridgehead atoms. The van der Waals surface area contributed by atoms with Gasteiger partial charge in [0, 0.05) is 16.2 Å². The summed E-state index contributed by atoms with van der Waals surface area (Å²) in [4.78, 5) is 13.4. The monoisotopic (exact) mass is 342 g/mol. The zero-order valence-electron chi connectivity index (χ0n) is 13.5. The SMILES string of the molecule is Cc1noc(C)c1CSc1ccccc1C(=O)NCc1ccco1. The van der Waals surface area contributed by atoms with E-state index in [-0.39, 0.29) is 5.91 Å². The van der Waals surface area contributed by atoms with E-state index in [0.29, 0.717) is 17.9 Å². The van der Waals surface area contributed by atoms with Crippen LogP contribution in [0.15, 0.2) is 56.5 Å². The number of thioether (sulfide) groups is 1. The van der Waals surface area contributed by atoms with E-state index in [0.717, 1.165) is 27.7 Å². The lowest BCUT2D eigenvalue weighted by atomic mass is 10.2. The Morgan fingerprint density at radius 1 is 1.21 bits per heavy atom. The number of aromatic nitrogens is 1. The molecule has 1 N–H and O–H groups in total. The third-order valence-corrected chi connectivity index (χ3v) is 4.79. The van der Waals surface area contributed by atoms with Gasteiger partial charge in [-0.3, -0.25) is 4.79 Å². The summed E-state index contributed by atoms with van der Waals surface area (Å²) in [6.07, 6.45) is 1.59. The largest absolute Gasteiger partial charge is 0.467 e. The van der Waals surface area contributed by atoms with Crippen LogP contribution in [0.3, 0.4) is 0 Å². The van der Waals surface area contributed by atoms with Crippen molar-refractivity contribution in [3.05, 3.63) is 71.0 Å². The van der Waals surface area contributed by atoms with Crippen molar-refractivity contribution in [1.82, 2.24) is 10.5 Å². The Balaban J connectivity index is 1.69. The van der Waals surface area contributed by atoms with Gasteiger partial charge >= 0.3 is 0 Å². The third kappa shape index (κ3) is 3.71. The molecule has 0 aliphatic heterocycles. The van der Waals surface area contributed by atoms with Crippen LogP contribution in [0.5, 0.6) is 0 Å². The van der Waals surface area contributed by atoms with Crippen LogP contribution in [0.1, 0.15) is 33.1 Å². The average Bonchev–Trinajstić information content (AvgIpc) is 3.22. The lowest BCUT2D eigenvalue weighted by Gasteiger charge is -2.09. The van der Waals surface area contributed by atoms with Gasteiger partial charge in [-0.25, -0.2) is 0 Å². The van der Waals surface area contributed by atoms with Crippen LogP contribution in [0.2, 0.25) is 0 Å². The first-order chi connectivity index (χ1) is 11.6. The highest BCUT2D eigenvalue weighted by Gasteiger charge is 2.14. The molecular weight excluding hydrogens is 324 g/mol. The molecule has 6 heteroatoms. The molecule has 0 aliphatic carbocycles. The van der Waals surface area contributed by atoms with E-state index < -0.39 is 0 Å². The Morgan fingerprint density at radius 3 is 2.75 bits per heavy atom. The molecule has 0 radical (unpaired) electrons. The summed E-state index contributed by atoms with van der Waals surface area (Å²) in [5, 5.41) is 6.85. The van der Waals surface area contributed by atoms with E-state index in [1.807, 2.05) is 44.2 Å². The molecule has 1 amide bonds. The molecule has 0 spiro atoms. The van der Waals surface area contributed by atoms with Gasteiger partial charge in [0.25, 0.3) is 5.91 Å². The first kappa shape index (κ1) is 16.4. The fraction of sp³-hybridized carbons (Fsp3) is 0.222. The number of carbonyl (C=O) groups is 1. The summed E-state index contributed by atoms with van der Waals surface area (Å²) in [5.74, 6) is 2.14. The minimum atomic E-state index is -0.117. The first-order valence-corrected chi connectivity index (χ1v) is 8.58. The van der Waals surface area contributed by atoms with Crippen LogP contribution in [0.4, 0.5) is 0 Å². The van der Waals surface area contributed by atoms with Crippen molar-refractivity contribution in [1.29, 1.82) is 0 Å². The van der Waals surface area contributed by atoms with Gasteiger partial charge in [0.05, 0.1) is 24.1 Å². The van der Waals surface area contributed by atoms with E-state index in [4.69, 9.17) is 8.94 Å². The molecule has 2 heterocycles. The van der Waals surface area contributed by atoms with E-state index in [1.165, 1.54) is 0 Å². The van der Waals surface area contributed by atoms with Gasteiger partial charge in [0.15, 0.2) is 0 Å². The molecule has 24 heavy (non-hydrogen) atoms.